The van der Waals surface area contributed by atoms with Crippen molar-refractivity contribution in [3.63, 3.8) is 0 Å². The number of nitrogens with zero attached hydrogens (tertiary/aromatic N) is 3. The lowest BCUT2D eigenvalue weighted by atomic mass is 10.1. The molecule has 136 valence electrons. The lowest BCUT2D eigenvalue weighted by Crippen LogP contribution is -2.12. The highest BCUT2D eigenvalue weighted by molar-refractivity contribution is 7.99. The first-order valence-corrected chi connectivity index (χ1v) is 10.6. The maximum absolute atomic E-state index is 12.8. The molecule has 1 saturated carbocycles. The van der Waals surface area contributed by atoms with Crippen LogP contribution in [0.3, 0.4) is 0 Å². The number of thioether (sulfide) groups is 1. The van der Waals surface area contributed by atoms with Crippen LogP contribution in [0.5, 0.6) is 0 Å². The summed E-state index contributed by atoms with van der Waals surface area (Å²) in [6.07, 6.45) is 2.37. The molecule has 27 heavy (non-hydrogen) atoms. The van der Waals surface area contributed by atoms with Gasteiger partial charge in [-0.05, 0) is 25.3 Å². The number of thiophene rings is 1. The number of H-pyrrole nitrogens is 2. The third-order valence-corrected chi connectivity index (χ3v) is 6.50. The van der Waals surface area contributed by atoms with Crippen molar-refractivity contribution in [2.75, 3.05) is 0 Å². The fourth-order valence-electron chi connectivity index (χ4n) is 3.05. The van der Waals surface area contributed by atoms with Crippen LogP contribution in [0.2, 0.25) is 0 Å². The van der Waals surface area contributed by atoms with Crippen LogP contribution in [0.15, 0.2) is 45.7 Å². The van der Waals surface area contributed by atoms with Crippen molar-refractivity contribution in [2.45, 2.75) is 36.1 Å². The van der Waals surface area contributed by atoms with Gasteiger partial charge in [0, 0.05) is 16.9 Å². The van der Waals surface area contributed by atoms with Gasteiger partial charge in [-0.15, -0.1) is 16.4 Å². The van der Waals surface area contributed by atoms with E-state index in [9.17, 15) is 4.79 Å². The normalized spacial score (nSPS) is 15.3. The molecule has 1 fully saturated rings. The number of rotatable bonds is 5. The molecule has 0 aliphatic heterocycles. The Labute approximate surface area is 163 Å². The van der Waals surface area contributed by atoms with Crippen LogP contribution < -0.4 is 5.56 Å². The molecule has 8 heteroatoms. The van der Waals surface area contributed by atoms with Gasteiger partial charge in [0.15, 0.2) is 0 Å². The second-order valence-electron chi connectivity index (χ2n) is 6.68. The van der Waals surface area contributed by atoms with Gasteiger partial charge in [-0.1, -0.05) is 42.1 Å². The highest BCUT2D eigenvalue weighted by Gasteiger charge is 2.27. The number of benzene rings is 1. The van der Waals surface area contributed by atoms with Crippen molar-refractivity contribution in [2.24, 2.45) is 0 Å². The quantitative estimate of drug-likeness (QED) is 0.486. The summed E-state index contributed by atoms with van der Waals surface area (Å²) in [6.45, 7) is 2.01. The predicted octanol–water partition coefficient (Wildman–Crippen LogP) is 4.50. The van der Waals surface area contributed by atoms with E-state index in [0.717, 1.165) is 21.8 Å². The molecule has 0 amide bonds. The summed E-state index contributed by atoms with van der Waals surface area (Å²) in [5.41, 5.74) is 1.86. The van der Waals surface area contributed by atoms with E-state index in [1.54, 1.807) is 0 Å². The van der Waals surface area contributed by atoms with Gasteiger partial charge in [0.05, 0.1) is 10.6 Å². The molecule has 4 aromatic rings. The molecule has 0 radical (unpaired) electrons. The Morgan fingerprint density at radius 3 is 2.81 bits per heavy atom. The fraction of sp³-hybridized carbons (Fsp3) is 0.263. The molecule has 0 bridgehead atoms. The van der Waals surface area contributed by atoms with Crippen LogP contribution in [0.1, 0.15) is 42.6 Å². The van der Waals surface area contributed by atoms with Crippen molar-refractivity contribution in [1.29, 1.82) is 0 Å². The zero-order chi connectivity index (χ0) is 18.4. The second kappa shape index (κ2) is 6.61. The summed E-state index contributed by atoms with van der Waals surface area (Å²) in [5, 5.41) is 10.6. The highest BCUT2D eigenvalue weighted by atomic mass is 32.2. The summed E-state index contributed by atoms with van der Waals surface area (Å²) in [4.78, 5) is 25.8. The van der Waals surface area contributed by atoms with Crippen molar-refractivity contribution in [3.8, 4) is 11.1 Å². The zero-order valence-corrected chi connectivity index (χ0v) is 16.2. The first-order valence-electron chi connectivity index (χ1n) is 8.85. The molecule has 2 N–H and O–H groups in total. The molecule has 3 heterocycles. The Hall–Kier alpha value is -2.45. The van der Waals surface area contributed by atoms with Gasteiger partial charge in [-0.2, -0.15) is 0 Å². The largest absolute Gasteiger partial charge is 0.309 e. The van der Waals surface area contributed by atoms with E-state index in [2.05, 4.69) is 20.2 Å². The number of hydrogen-bond donors (Lipinski definition) is 2. The van der Waals surface area contributed by atoms with E-state index in [0.29, 0.717) is 22.3 Å². The maximum atomic E-state index is 12.8. The number of hydrogen-bond acceptors (Lipinski definition) is 6. The predicted molar refractivity (Wildman–Crippen MR) is 108 cm³/mol. The topological polar surface area (TPSA) is 87.3 Å². The highest BCUT2D eigenvalue weighted by Crippen LogP contribution is 2.39. The Morgan fingerprint density at radius 2 is 2.04 bits per heavy atom. The van der Waals surface area contributed by atoms with Crippen molar-refractivity contribution in [3.05, 3.63) is 57.7 Å². The Balaban J connectivity index is 1.46. The van der Waals surface area contributed by atoms with E-state index in [1.807, 2.05) is 42.6 Å². The molecule has 6 nitrogen and oxygen atoms in total. The fourth-order valence-corrected chi connectivity index (χ4v) is 4.80. The molecule has 1 aliphatic carbocycles. The average Bonchev–Trinajstić information content (AvgIpc) is 3.27. The van der Waals surface area contributed by atoms with E-state index < -0.39 is 0 Å². The van der Waals surface area contributed by atoms with Crippen molar-refractivity contribution >= 4 is 33.3 Å². The third-order valence-electron chi connectivity index (χ3n) is 4.66. The minimum absolute atomic E-state index is 0.0489. The van der Waals surface area contributed by atoms with Crippen molar-refractivity contribution < 1.29 is 0 Å². The van der Waals surface area contributed by atoms with Gasteiger partial charge in [-0.3, -0.25) is 9.89 Å². The zero-order valence-electron chi connectivity index (χ0n) is 14.6. The van der Waals surface area contributed by atoms with E-state index in [-0.39, 0.29) is 10.8 Å². The van der Waals surface area contributed by atoms with E-state index in [4.69, 9.17) is 4.98 Å². The van der Waals surface area contributed by atoms with Crippen LogP contribution in [-0.4, -0.2) is 25.1 Å². The third kappa shape index (κ3) is 3.19. The molecule has 3 aromatic heterocycles. The molecule has 1 unspecified atom stereocenters. The summed E-state index contributed by atoms with van der Waals surface area (Å²) in [7, 11) is 0. The van der Waals surface area contributed by atoms with E-state index in [1.165, 1.54) is 35.9 Å². The maximum Gasteiger partial charge on any atom is 0.260 e. The number of aromatic amines is 2. The molecule has 1 atom stereocenters. The molecule has 0 spiro atoms. The molecule has 1 aromatic carbocycles. The lowest BCUT2D eigenvalue weighted by Gasteiger charge is -2.08. The Morgan fingerprint density at radius 1 is 1.22 bits per heavy atom. The van der Waals surface area contributed by atoms with Crippen molar-refractivity contribution in [1.82, 2.24) is 25.1 Å². The summed E-state index contributed by atoms with van der Waals surface area (Å²) < 4.78 is 0. The summed E-state index contributed by atoms with van der Waals surface area (Å²) in [5.74, 6) is 2.16. The number of nitrogens with one attached hydrogen (secondary N) is 2. The minimum Gasteiger partial charge on any atom is -0.309 e. The molecule has 0 saturated heterocycles. The average molecular weight is 396 g/mol. The monoisotopic (exact) mass is 395 g/mol. The first kappa shape index (κ1) is 16.7. The number of aromatic nitrogens is 5. The second-order valence-corrected chi connectivity index (χ2v) is 8.85. The lowest BCUT2D eigenvalue weighted by molar-refractivity contribution is 0.906. The standard InChI is InChI=1S/C19H17N5OS2/c1-10(27-19-22-16(23-24-19)12-7-8-12)15-20-17(25)14-13(9-26-18(14)21-15)11-5-3-2-4-6-11/h2-6,9-10,12H,7-8H2,1H3,(H,20,21,25)(H,22,23,24). The van der Waals surface area contributed by atoms with Gasteiger partial charge < -0.3 is 4.98 Å². The SMILES string of the molecule is CC(Sc1n[nH]c(C2CC2)n1)c1nc2scc(-c3ccccc3)c2c(=O)[nH]1. The summed E-state index contributed by atoms with van der Waals surface area (Å²) >= 11 is 3.00. The Bertz CT molecular complexity index is 1160. The van der Waals surface area contributed by atoms with Gasteiger partial charge in [0.25, 0.3) is 5.56 Å². The van der Waals surface area contributed by atoms with Gasteiger partial charge in [0.1, 0.15) is 16.5 Å². The molecule has 1 aliphatic rings. The van der Waals surface area contributed by atoms with Crippen LogP contribution in [0.25, 0.3) is 21.3 Å². The summed E-state index contributed by atoms with van der Waals surface area (Å²) in [6, 6.07) is 9.93. The van der Waals surface area contributed by atoms with E-state index >= 15 is 0 Å². The minimum atomic E-state index is -0.101. The van der Waals surface area contributed by atoms with Crippen LogP contribution in [-0.2, 0) is 0 Å². The van der Waals surface area contributed by atoms with Crippen LogP contribution >= 0.6 is 23.1 Å². The van der Waals surface area contributed by atoms with Crippen LogP contribution in [0, 0.1) is 0 Å². The number of fused-ring (bicyclic) bond motifs is 1. The van der Waals surface area contributed by atoms with Gasteiger partial charge in [0.2, 0.25) is 5.16 Å². The first-order chi connectivity index (χ1) is 13.2. The Kier molecular flexibility index (Phi) is 4.09. The van der Waals surface area contributed by atoms with Gasteiger partial charge >= 0.3 is 0 Å². The molecular weight excluding hydrogens is 378 g/mol. The van der Waals surface area contributed by atoms with Crippen LogP contribution in [0.4, 0.5) is 0 Å². The smallest absolute Gasteiger partial charge is 0.260 e. The van der Waals surface area contributed by atoms with Gasteiger partial charge in [-0.25, -0.2) is 9.97 Å². The molecule has 5 rings (SSSR count). The molecular formula is C19H17N5OS2.